The van der Waals surface area contributed by atoms with Gasteiger partial charge in [-0.05, 0) is 50.6 Å². The van der Waals surface area contributed by atoms with Gasteiger partial charge in [0, 0.05) is 63.1 Å². The molecule has 3 N–H and O–H groups in total. The van der Waals surface area contributed by atoms with Crippen molar-refractivity contribution in [3.63, 3.8) is 0 Å². The Morgan fingerprint density at radius 1 is 1.14 bits per heavy atom. The van der Waals surface area contributed by atoms with Crippen molar-refractivity contribution < 1.29 is 19.5 Å². The van der Waals surface area contributed by atoms with Crippen LogP contribution >= 0.6 is 0 Å². The minimum atomic E-state index is -1.04. The van der Waals surface area contributed by atoms with Gasteiger partial charge in [0.05, 0.1) is 30.5 Å². The average molecular weight is 575 g/mol. The molecule has 0 saturated carbocycles. The van der Waals surface area contributed by atoms with Crippen LogP contribution < -0.4 is 20.4 Å². The summed E-state index contributed by atoms with van der Waals surface area (Å²) in [5.74, 6) is 0.370. The molecule has 1 unspecified atom stereocenters. The molecule has 2 aromatic heterocycles. The van der Waals surface area contributed by atoms with E-state index in [1.54, 1.807) is 44.2 Å². The number of β-amino-alcohol motifs (C(OH)–C–C–N with tert-alkyl or cyclic N) is 1. The number of anilines is 3. The lowest BCUT2D eigenvalue weighted by atomic mass is 10.0. The number of carbonyl (C=O) groups excluding carboxylic acids is 3. The summed E-state index contributed by atoms with van der Waals surface area (Å²) in [4.78, 5) is 47.4. The highest BCUT2D eigenvalue weighted by atomic mass is 16.3. The molecule has 4 heterocycles. The number of benzene rings is 1. The SMILES string of the molecule is CC(C)n1nc(C(=O)NCc2ccc(NC(=O)N(C)C)cc2)c2c1CCN(c1ccc(N3CC(C)(O)CC3=O)cn1)C2. The summed E-state index contributed by atoms with van der Waals surface area (Å²) in [6, 6.07) is 10.9. The van der Waals surface area contributed by atoms with Gasteiger partial charge in [0.2, 0.25) is 5.91 Å². The Morgan fingerprint density at radius 3 is 2.48 bits per heavy atom. The van der Waals surface area contributed by atoms with Gasteiger partial charge in [0.1, 0.15) is 5.82 Å². The van der Waals surface area contributed by atoms with Crippen LogP contribution in [0.3, 0.4) is 0 Å². The van der Waals surface area contributed by atoms with E-state index in [-0.39, 0.29) is 36.9 Å². The Kier molecular flexibility index (Phi) is 7.91. The fourth-order valence-corrected chi connectivity index (χ4v) is 5.32. The zero-order valence-corrected chi connectivity index (χ0v) is 24.7. The van der Waals surface area contributed by atoms with Gasteiger partial charge in [-0.15, -0.1) is 0 Å². The molecule has 12 nitrogen and oxygen atoms in total. The van der Waals surface area contributed by atoms with Crippen molar-refractivity contribution in [2.24, 2.45) is 0 Å². The van der Waals surface area contributed by atoms with Crippen LogP contribution in [-0.2, 0) is 24.3 Å². The van der Waals surface area contributed by atoms with Crippen molar-refractivity contribution in [1.82, 2.24) is 25.0 Å². The molecule has 5 rings (SSSR count). The summed E-state index contributed by atoms with van der Waals surface area (Å²) >= 11 is 0. The molecule has 0 radical (unpaired) electrons. The Hall–Kier alpha value is -4.45. The molecule has 3 aromatic rings. The van der Waals surface area contributed by atoms with Gasteiger partial charge < -0.3 is 30.4 Å². The second-order valence-corrected chi connectivity index (χ2v) is 11.7. The monoisotopic (exact) mass is 574 g/mol. The van der Waals surface area contributed by atoms with Crippen molar-refractivity contribution in [3.8, 4) is 0 Å². The second-order valence-electron chi connectivity index (χ2n) is 11.7. The lowest BCUT2D eigenvalue weighted by Gasteiger charge is -2.29. The highest BCUT2D eigenvalue weighted by molar-refractivity contribution is 5.97. The number of fused-ring (bicyclic) bond motifs is 1. The zero-order chi connectivity index (χ0) is 30.2. The van der Waals surface area contributed by atoms with Crippen molar-refractivity contribution >= 4 is 35.0 Å². The average Bonchev–Trinajstić information content (AvgIpc) is 3.48. The van der Waals surface area contributed by atoms with Crippen LogP contribution in [0.15, 0.2) is 42.6 Å². The quantitative estimate of drug-likeness (QED) is 0.395. The van der Waals surface area contributed by atoms with E-state index in [2.05, 4.69) is 34.4 Å². The number of amides is 4. The third kappa shape index (κ3) is 6.08. The number of urea groups is 1. The van der Waals surface area contributed by atoms with Gasteiger partial charge >= 0.3 is 6.03 Å². The smallest absolute Gasteiger partial charge is 0.321 e. The second kappa shape index (κ2) is 11.4. The molecule has 2 aliphatic rings. The van der Waals surface area contributed by atoms with Crippen LogP contribution in [0.25, 0.3) is 0 Å². The van der Waals surface area contributed by atoms with Gasteiger partial charge in [-0.1, -0.05) is 12.1 Å². The fraction of sp³-hybridized carbons (Fsp3) is 0.433. The van der Waals surface area contributed by atoms with Gasteiger partial charge in [-0.25, -0.2) is 9.78 Å². The molecule has 1 atom stereocenters. The predicted octanol–water partition coefficient (Wildman–Crippen LogP) is 2.93. The predicted molar refractivity (Wildman–Crippen MR) is 160 cm³/mol. The maximum Gasteiger partial charge on any atom is 0.321 e. The van der Waals surface area contributed by atoms with E-state index in [9.17, 15) is 19.5 Å². The Labute approximate surface area is 245 Å². The summed E-state index contributed by atoms with van der Waals surface area (Å²) in [7, 11) is 3.35. The lowest BCUT2D eigenvalue weighted by molar-refractivity contribution is -0.118. The molecule has 0 bridgehead atoms. The first kappa shape index (κ1) is 29.1. The third-order valence-corrected chi connectivity index (χ3v) is 7.55. The van der Waals surface area contributed by atoms with E-state index in [4.69, 9.17) is 5.10 Å². The van der Waals surface area contributed by atoms with Gasteiger partial charge in [-0.2, -0.15) is 5.10 Å². The summed E-state index contributed by atoms with van der Waals surface area (Å²) < 4.78 is 1.94. The van der Waals surface area contributed by atoms with E-state index in [1.165, 1.54) is 4.90 Å². The molecule has 12 heteroatoms. The van der Waals surface area contributed by atoms with E-state index >= 15 is 0 Å². The molecule has 222 valence electrons. The largest absolute Gasteiger partial charge is 0.388 e. The first-order chi connectivity index (χ1) is 19.9. The van der Waals surface area contributed by atoms with Gasteiger partial charge in [0.25, 0.3) is 5.91 Å². The summed E-state index contributed by atoms with van der Waals surface area (Å²) in [5, 5.41) is 20.8. The van der Waals surface area contributed by atoms with Gasteiger partial charge in [-0.3, -0.25) is 14.3 Å². The normalized spacial score (nSPS) is 18.3. The Bertz CT molecular complexity index is 1480. The van der Waals surface area contributed by atoms with Crippen molar-refractivity contribution in [1.29, 1.82) is 0 Å². The number of hydrogen-bond donors (Lipinski definition) is 3. The minimum Gasteiger partial charge on any atom is -0.388 e. The molecule has 0 aliphatic carbocycles. The van der Waals surface area contributed by atoms with Crippen LogP contribution in [0.2, 0.25) is 0 Å². The van der Waals surface area contributed by atoms with Crippen LogP contribution in [0.5, 0.6) is 0 Å². The lowest BCUT2D eigenvalue weighted by Crippen LogP contribution is -2.33. The third-order valence-electron chi connectivity index (χ3n) is 7.55. The van der Waals surface area contributed by atoms with Crippen LogP contribution in [0.1, 0.15) is 60.5 Å². The topological polar surface area (TPSA) is 136 Å². The number of nitrogens with zero attached hydrogens (tertiary/aromatic N) is 6. The molecule has 1 saturated heterocycles. The molecule has 4 amide bonds. The zero-order valence-electron chi connectivity index (χ0n) is 24.7. The molecule has 42 heavy (non-hydrogen) atoms. The summed E-state index contributed by atoms with van der Waals surface area (Å²) in [6.45, 7) is 7.52. The number of hydrogen-bond acceptors (Lipinski definition) is 7. The Morgan fingerprint density at radius 2 is 1.88 bits per heavy atom. The number of aliphatic hydroxyl groups is 1. The standard InChI is InChI=1S/C30H38N8O4/c1-19(2)38-24-12-13-36(25-11-10-22(16-31-25)37-18-30(3,42)14-26(37)39)17-23(24)27(34-38)28(40)32-15-20-6-8-21(9-7-20)33-29(41)35(4)5/h6-11,16,19,42H,12-15,17-18H2,1-5H3,(H,32,40)(H,33,41). The van der Waals surface area contributed by atoms with Crippen LogP contribution in [0, 0.1) is 0 Å². The molecule has 1 aromatic carbocycles. The molecule has 1 fully saturated rings. The summed E-state index contributed by atoms with van der Waals surface area (Å²) in [6.07, 6.45) is 2.46. The first-order valence-electron chi connectivity index (χ1n) is 14.1. The maximum absolute atomic E-state index is 13.4. The van der Waals surface area contributed by atoms with E-state index in [1.807, 2.05) is 28.9 Å². The van der Waals surface area contributed by atoms with Gasteiger partial charge in [0.15, 0.2) is 5.69 Å². The van der Waals surface area contributed by atoms with Crippen LogP contribution in [-0.4, -0.2) is 75.4 Å². The summed E-state index contributed by atoms with van der Waals surface area (Å²) in [5.41, 5.74) is 3.51. The van der Waals surface area contributed by atoms with Crippen molar-refractivity contribution in [2.75, 3.05) is 42.3 Å². The first-order valence-corrected chi connectivity index (χ1v) is 14.1. The number of rotatable bonds is 7. The van der Waals surface area contributed by atoms with Crippen LogP contribution in [0.4, 0.5) is 22.0 Å². The highest BCUT2D eigenvalue weighted by Crippen LogP contribution is 2.31. The maximum atomic E-state index is 13.4. The number of aromatic nitrogens is 3. The van der Waals surface area contributed by atoms with Crippen molar-refractivity contribution in [2.45, 2.75) is 58.3 Å². The highest BCUT2D eigenvalue weighted by Gasteiger charge is 2.38. The van der Waals surface area contributed by atoms with E-state index in [0.29, 0.717) is 43.1 Å². The molecular formula is C30H38N8O4. The van der Waals surface area contributed by atoms with E-state index < -0.39 is 5.60 Å². The number of nitrogens with one attached hydrogen (secondary N) is 2. The molecule has 2 aliphatic heterocycles. The number of pyridine rings is 1. The number of carbonyl (C=O) groups is 3. The molecular weight excluding hydrogens is 536 g/mol. The molecule has 0 spiro atoms. The minimum absolute atomic E-state index is 0.0919. The van der Waals surface area contributed by atoms with Crippen molar-refractivity contribution in [3.05, 3.63) is 65.1 Å². The Balaban J connectivity index is 1.28. The van der Waals surface area contributed by atoms with E-state index in [0.717, 1.165) is 22.6 Å². The fourth-order valence-electron chi connectivity index (χ4n) is 5.32.